The van der Waals surface area contributed by atoms with Crippen LogP contribution in [0.15, 0.2) is 0 Å². The van der Waals surface area contributed by atoms with E-state index in [1.54, 1.807) is 0 Å². The third-order valence-electron chi connectivity index (χ3n) is 5.10. The number of hydrogen-bond donors (Lipinski definition) is 0. The lowest BCUT2D eigenvalue weighted by Crippen LogP contribution is -2.46. The molecule has 0 aliphatic heterocycles. The summed E-state index contributed by atoms with van der Waals surface area (Å²) in [6, 6.07) is -1.51. The molecule has 4 aliphatic carbocycles. The number of halogens is 3. The van der Waals surface area contributed by atoms with Gasteiger partial charge < -0.3 is 0 Å². The normalized spacial score (nSPS) is 46.3. The van der Waals surface area contributed by atoms with Crippen LogP contribution in [0.1, 0.15) is 44.9 Å². The van der Waals surface area contributed by atoms with Gasteiger partial charge in [-0.05, 0) is 74.2 Å². The van der Waals surface area contributed by atoms with Crippen molar-refractivity contribution >= 4 is 39.2 Å². The molecule has 4 rings (SSSR count). The van der Waals surface area contributed by atoms with Crippen LogP contribution in [0.4, 0.5) is 0 Å². The van der Waals surface area contributed by atoms with E-state index in [0.717, 1.165) is 23.8 Å². The van der Waals surface area contributed by atoms with Gasteiger partial charge in [-0.1, -0.05) is 0 Å². The quantitative estimate of drug-likeness (QED) is 0.493. The van der Waals surface area contributed by atoms with Gasteiger partial charge >= 0.3 is 6.00 Å². The summed E-state index contributed by atoms with van der Waals surface area (Å²) in [5, 5.41) is 0. The van der Waals surface area contributed by atoms with Crippen LogP contribution >= 0.6 is 33.2 Å². The first-order chi connectivity index (χ1) is 7.44. The second-order valence-electron chi connectivity index (χ2n) is 6.53. The van der Waals surface area contributed by atoms with Crippen molar-refractivity contribution in [3.63, 3.8) is 0 Å². The molecule has 0 aromatic rings. The molecule has 4 saturated carbocycles. The van der Waals surface area contributed by atoms with Crippen molar-refractivity contribution in [1.29, 1.82) is 0 Å². The van der Waals surface area contributed by atoms with E-state index in [0.29, 0.717) is 5.41 Å². The Balaban J connectivity index is 1.69. The predicted molar refractivity (Wildman–Crippen MR) is 73.3 cm³/mol. The Bertz CT molecular complexity index is 249. The Hall–Kier alpha value is 1.09. The first-order valence-electron chi connectivity index (χ1n) is 6.51. The monoisotopic (exact) mass is 296 g/mol. The molecule has 0 atom stereocenters. The third kappa shape index (κ3) is 2.43. The standard InChI is InChI=1S/C12H19Cl3Si/c13-16(14,15)2-1-12-6-9-3-10(7-12)5-11(4-9)8-12/h9-11H,1-8H2. The summed E-state index contributed by atoms with van der Waals surface area (Å²) in [6.07, 6.45) is 10.0. The minimum Gasteiger partial charge on any atom is -0.126 e. The zero-order valence-corrected chi connectivity index (χ0v) is 12.8. The SMILES string of the molecule is Cl[Si](Cl)(Cl)CCC12CC3CC(CC(C3)C1)C2. The van der Waals surface area contributed by atoms with Crippen LogP contribution in [-0.2, 0) is 0 Å². The topological polar surface area (TPSA) is 0 Å². The molecule has 0 nitrogen and oxygen atoms in total. The molecule has 0 aromatic carbocycles. The highest BCUT2D eigenvalue weighted by atomic mass is 35.8. The Morgan fingerprint density at radius 2 is 1.31 bits per heavy atom. The van der Waals surface area contributed by atoms with E-state index in [2.05, 4.69) is 0 Å². The van der Waals surface area contributed by atoms with Gasteiger partial charge in [-0.15, -0.1) is 33.2 Å². The smallest absolute Gasteiger partial charge is 0.126 e. The van der Waals surface area contributed by atoms with Crippen LogP contribution in [0, 0.1) is 23.2 Å². The average Bonchev–Trinajstić information content (AvgIpc) is 2.11. The highest BCUT2D eigenvalue weighted by molar-refractivity contribution is 7.64. The lowest BCUT2D eigenvalue weighted by Gasteiger charge is -2.57. The first-order valence-corrected chi connectivity index (χ1v) is 11.8. The molecule has 0 heterocycles. The number of hydrogen-bond acceptors (Lipinski definition) is 0. The summed E-state index contributed by atoms with van der Waals surface area (Å²) in [6.45, 7) is 0. The van der Waals surface area contributed by atoms with E-state index in [9.17, 15) is 0 Å². The van der Waals surface area contributed by atoms with Crippen molar-refractivity contribution in [3.8, 4) is 0 Å². The second-order valence-corrected chi connectivity index (χ2v) is 15.8. The van der Waals surface area contributed by atoms with Crippen LogP contribution in [0.25, 0.3) is 0 Å². The minimum atomic E-state index is -2.39. The summed E-state index contributed by atoms with van der Waals surface area (Å²) in [5.41, 5.74) is 0.589. The van der Waals surface area contributed by atoms with Gasteiger partial charge in [0.2, 0.25) is 0 Å². The van der Waals surface area contributed by atoms with Crippen molar-refractivity contribution in [2.24, 2.45) is 23.2 Å². The second kappa shape index (κ2) is 4.04. The summed E-state index contributed by atoms with van der Waals surface area (Å²) in [5.74, 6) is 3.05. The average molecular weight is 298 g/mol. The van der Waals surface area contributed by atoms with Gasteiger partial charge in [0.15, 0.2) is 0 Å². The first kappa shape index (κ1) is 12.1. The van der Waals surface area contributed by atoms with Gasteiger partial charge in [0.25, 0.3) is 0 Å². The molecular formula is C12H19Cl3Si. The molecule has 0 spiro atoms. The fourth-order valence-electron chi connectivity index (χ4n) is 5.00. The molecule has 0 unspecified atom stereocenters. The molecule has 4 fully saturated rings. The summed E-state index contributed by atoms with van der Waals surface area (Å²) >= 11 is 18.1. The van der Waals surface area contributed by atoms with Crippen molar-refractivity contribution in [2.45, 2.75) is 51.0 Å². The van der Waals surface area contributed by atoms with Gasteiger partial charge in [-0.2, -0.15) is 0 Å². The van der Waals surface area contributed by atoms with Gasteiger partial charge in [0.1, 0.15) is 0 Å². The van der Waals surface area contributed by atoms with E-state index in [1.807, 2.05) is 0 Å². The fourth-order valence-corrected chi connectivity index (χ4v) is 6.67. The molecule has 0 amide bonds. The Labute approximate surface area is 113 Å². The van der Waals surface area contributed by atoms with Crippen LogP contribution < -0.4 is 0 Å². The van der Waals surface area contributed by atoms with Crippen LogP contribution in [0.3, 0.4) is 0 Å². The van der Waals surface area contributed by atoms with Crippen molar-refractivity contribution in [1.82, 2.24) is 0 Å². The number of rotatable bonds is 3. The lowest BCUT2D eigenvalue weighted by atomic mass is 9.49. The molecule has 4 bridgehead atoms. The highest BCUT2D eigenvalue weighted by Crippen LogP contribution is 2.62. The molecule has 0 aromatic heterocycles. The third-order valence-corrected chi connectivity index (χ3v) is 7.62. The zero-order chi connectivity index (χ0) is 11.4. The van der Waals surface area contributed by atoms with Crippen LogP contribution in [-0.4, -0.2) is 6.00 Å². The summed E-state index contributed by atoms with van der Waals surface area (Å²) in [7, 11) is 0. The van der Waals surface area contributed by atoms with Crippen LogP contribution in [0.2, 0.25) is 6.04 Å². The minimum absolute atomic E-state index is 0.589. The van der Waals surface area contributed by atoms with E-state index >= 15 is 0 Å². The highest BCUT2D eigenvalue weighted by Gasteiger charge is 2.51. The van der Waals surface area contributed by atoms with Gasteiger partial charge in [-0.3, -0.25) is 0 Å². The Morgan fingerprint density at radius 1 is 0.875 bits per heavy atom. The Kier molecular flexibility index (Phi) is 3.07. The molecule has 92 valence electrons. The molecule has 4 aliphatic rings. The van der Waals surface area contributed by atoms with Crippen LogP contribution in [0.5, 0.6) is 0 Å². The van der Waals surface area contributed by atoms with Crippen molar-refractivity contribution in [3.05, 3.63) is 0 Å². The maximum absolute atomic E-state index is 6.04. The maximum Gasteiger partial charge on any atom is 0.341 e. The molecular weight excluding hydrogens is 279 g/mol. The van der Waals surface area contributed by atoms with E-state index in [1.165, 1.54) is 44.9 Å². The largest absolute Gasteiger partial charge is 0.341 e. The van der Waals surface area contributed by atoms with E-state index < -0.39 is 6.00 Å². The van der Waals surface area contributed by atoms with Crippen molar-refractivity contribution < 1.29 is 0 Å². The van der Waals surface area contributed by atoms with E-state index in [4.69, 9.17) is 33.2 Å². The molecule has 16 heavy (non-hydrogen) atoms. The van der Waals surface area contributed by atoms with E-state index in [-0.39, 0.29) is 0 Å². The van der Waals surface area contributed by atoms with Gasteiger partial charge in [0.05, 0.1) is 0 Å². The maximum atomic E-state index is 6.04. The molecule has 0 N–H and O–H groups in total. The molecule has 0 saturated heterocycles. The fraction of sp³-hybridized carbons (Fsp3) is 1.00. The predicted octanol–water partition coefficient (Wildman–Crippen LogP) is 5.25. The van der Waals surface area contributed by atoms with Crippen molar-refractivity contribution in [2.75, 3.05) is 0 Å². The van der Waals surface area contributed by atoms with Gasteiger partial charge in [-0.25, -0.2) is 0 Å². The summed E-state index contributed by atoms with van der Waals surface area (Å²) in [4.78, 5) is 0. The lowest BCUT2D eigenvalue weighted by molar-refractivity contribution is -0.0545. The molecule has 0 radical (unpaired) electrons. The summed E-state index contributed by atoms with van der Waals surface area (Å²) < 4.78 is 0. The van der Waals surface area contributed by atoms with Gasteiger partial charge in [0, 0.05) is 0 Å². The Morgan fingerprint density at radius 3 is 1.69 bits per heavy atom. The zero-order valence-electron chi connectivity index (χ0n) is 9.52. The molecule has 4 heteroatoms.